The van der Waals surface area contributed by atoms with Gasteiger partial charge in [0.05, 0.1) is 12.3 Å². The highest BCUT2D eigenvalue weighted by Crippen LogP contribution is 2.30. The summed E-state index contributed by atoms with van der Waals surface area (Å²) in [6.07, 6.45) is 4.45. The molecule has 0 heterocycles. The summed E-state index contributed by atoms with van der Waals surface area (Å²) in [6.45, 7) is 14.5. The second-order valence-electron chi connectivity index (χ2n) is 7.46. The highest BCUT2D eigenvalue weighted by Gasteiger charge is 2.18. The van der Waals surface area contributed by atoms with Crippen LogP contribution in [0.5, 0.6) is 5.75 Å². The molecule has 0 radical (unpaired) electrons. The van der Waals surface area contributed by atoms with Gasteiger partial charge in [-0.15, -0.1) is 0 Å². The van der Waals surface area contributed by atoms with E-state index in [1.54, 1.807) is 6.92 Å². The van der Waals surface area contributed by atoms with Gasteiger partial charge in [0.25, 0.3) is 5.91 Å². The standard InChI is InChI=1S/C25H38N2O2/c1-8-12-20-14-15-23(29-11-4)21(16-20)24(17(5)10-3)27-25(28)19(7)18(6)22(26)13-9-2/h14-16,26H,8-13H2,1-7H3,(H,27,28)/b19-18+,24-17?,26-22?. The lowest BCUT2D eigenvalue weighted by molar-refractivity contribution is -0.116. The Labute approximate surface area is 176 Å². The Hall–Kier alpha value is -2.36. The topological polar surface area (TPSA) is 62.2 Å². The van der Waals surface area contributed by atoms with Crippen molar-refractivity contribution in [3.8, 4) is 5.75 Å². The Morgan fingerprint density at radius 1 is 1.03 bits per heavy atom. The van der Waals surface area contributed by atoms with E-state index in [9.17, 15) is 4.79 Å². The maximum Gasteiger partial charge on any atom is 0.251 e. The number of nitrogens with one attached hydrogen (secondary N) is 2. The first kappa shape index (κ1) is 24.7. The molecule has 29 heavy (non-hydrogen) atoms. The molecule has 0 saturated heterocycles. The van der Waals surface area contributed by atoms with E-state index in [1.165, 1.54) is 5.56 Å². The van der Waals surface area contributed by atoms with Gasteiger partial charge in [-0.25, -0.2) is 0 Å². The van der Waals surface area contributed by atoms with Crippen molar-refractivity contribution in [2.45, 2.75) is 80.6 Å². The first-order valence-corrected chi connectivity index (χ1v) is 10.8. The number of allylic oxidation sites excluding steroid dienone is 2. The minimum absolute atomic E-state index is 0.158. The summed E-state index contributed by atoms with van der Waals surface area (Å²) in [4.78, 5) is 13.0. The van der Waals surface area contributed by atoms with Crippen molar-refractivity contribution >= 4 is 17.3 Å². The number of hydrogen-bond acceptors (Lipinski definition) is 3. The molecule has 1 aromatic carbocycles. The summed E-state index contributed by atoms with van der Waals surface area (Å²) < 4.78 is 5.87. The average molecular weight is 399 g/mol. The zero-order valence-corrected chi connectivity index (χ0v) is 19.3. The van der Waals surface area contributed by atoms with Crippen LogP contribution in [0.1, 0.15) is 85.3 Å². The third kappa shape index (κ3) is 6.88. The Morgan fingerprint density at radius 2 is 1.72 bits per heavy atom. The predicted octanol–water partition coefficient (Wildman–Crippen LogP) is 6.45. The first-order valence-electron chi connectivity index (χ1n) is 10.8. The smallest absolute Gasteiger partial charge is 0.251 e. The minimum atomic E-state index is -0.158. The molecule has 1 rings (SSSR count). The van der Waals surface area contributed by atoms with Crippen LogP contribution in [0.2, 0.25) is 0 Å². The number of hydrogen-bond donors (Lipinski definition) is 2. The van der Waals surface area contributed by atoms with Gasteiger partial charge >= 0.3 is 0 Å². The van der Waals surface area contributed by atoms with Crippen LogP contribution in [0.25, 0.3) is 5.70 Å². The molecular formula is C25H38N2O2. The Morgan fingerprint density at radius 3 is 2.28 bits per heavy atom. The number of amides is 1. The number of carbonyl (C=O) groups excluding carboxylic acids is 1. The van der Waals surface area contributed by atoms with Gasteiger partial charge in [-0.1, -0.05) is 39.7 Å². The molecule has 4 nitrogen and oxygen atoms in total. The van der Waals surface area contributed by atoms with Crippen molar-refractivity contribution in [3.05, 3.63) is 46.0 Å². The van der Waals surface area contributed by atoms with Crippen LogP contribution in [-0.4, -0.2) is 18.2 Å². The van der Waals surface area contributed by atoms with Crippen LogP contribution >= 0.6 is 0 Å². The predicted molar refractivity (Wildman–Crippen MR) is 124 cm³/mol. The molecule has 0 unspecified atom stereocenters. The van der Waals surface area contributed by atoms with E-state index >= 15 is 0 Å². The van der Waals surface area contributed by atoms with Crippen LogP contribution in [0.3, 0.4) is 0 Å². The maximum absolute atomic E-state index is 13.0. The number of rotatable bonds is 11. The number of aryl methyl sites for hydroxylation is 1. The molecule has 0 aliphatic rings. The lowest BCUT2D eigenvalue weighted by atomic mass is 9.98. The molecule has 2 N–H and O–H groups in total. The van der Waals surface area contributed by atoms with Crippen molar-refractivity contribution in [3.63, 3.8) is 0 Å². The van der Waals surface area contributed by atoms with Gasteiger partial charge in [0.1, 0.15) is 5.75 Å². The summed E-state index contributed by atoms with van der Waals surface area (Å²) in [5, 5.41) is 11.3. The number of carbonyl (C=O) groups is 1. The third-order valence-corrected chi connectivity index (χ3v) is 5.20. The van der Waals surface area contributed by atoms with Gasteiger partial charge in [-0.05, 0) is 75.8 Å². The first-order chi connectivity index (χ1) is 13.8. The SMILES string of the molecule is CCCC(=N)/C(C)=C(\C)C(=O)NC(=C(C)CC)c1cc(CCC)ccc1OCC. The molecule has 160 valence electrons. The normalized spacial score (nSPS) is 12.8. The van der Waals surface area contributed by atoms with Crippen molar-refractivity contribution in [2.24, 2.45) is 0 Å². The monoisotopic (exact) mass is 398 g/mol. The molecule has 0 bridgehead atoms. The van der Waals surface area contributed by atoms with E-state index in [0.29, 0.717) is 24.3 Å². The molecule has 0 aliphatic carbocycles. The second-order valence-corrected chi connectivity index (χ2v) is 7.46. The van der Waals surface area contributed by atoms with Crippen molar-refractivity contribution in [1.29, 1.82) is 5.41 Å². The molecule has 1 aromatic rings. The molecular weight excluding hydrogens is 360 g/mol. The summed E-state index contributed by atoms with van der Waals surface area (Å²) >= 11 is 0. The van der Waals surface area contributed by atoms with Crippen molar-refractivity contribution < 1.29 is 9.53 Å². The highest BCUT2D eigenvalue weighted by molar-refractivity contribution is 6.08. The van der Waals surface area contributed by atoms with Crippen LogP contribution in [0.4, 0.5) is 0 Å². The summed E-state index contributed by atoms with van der Waals surface area (Å²) in [5.41, 5.74) is 5.94. The van der Waals surface area contributed by atoms with E-state index in [1.807, 2.05) is 33.8 Å². The van der Waals surface area contributed by atoms with E-state index in [2.05, 4.69) is 31.3 Å². The zero-order chi connectivity index (χ0) is 22.0. The van der Waals surface area contributed by atoms with Gasteiger partial charge in [0.15, 0.2) is 0 Å². The van der Waals surface area contributed by atoms with Crippen LogP contribution < -0.4 is 10.1 Å². The molecule has 0 spiro atoms. The average Bonchev–Trinajstić information content (AvgIpc) is 2.71. The van der Waals surface area contributed by atoms with Crippen molar-refractivity contribution in [2.75, 3.05) is 6.61 Å². The minimum Gasteiger partial charge on any atom is -0.493 e. The number of ether oxygens (including phenoxy) is 1. The molecule has 4 heteroatoms. The fraction of sp³-hybridized carbons (Fsp3) is 0.520. The van der Waals surface area contributed by atoms with Crippen molar-refractivity contribution in [1.82, 2.24) is 5.32 Å². The van der Waals surface area contributed by atoms with E-state index in [4.69, 9.17) is 10.1 Å². The van der Waals surface area contributed by atoms with Crippen LogP contribution in [0, 0.1) is 5.41 Å². The number of benzene rings is 1. The Kier molecular flexibility index (Phi) is 10.4. The van der Waals surface area contributed by atoms with E-state index < -0.39 is 0 Å². The molecule has 0 atom stereocenters. The lowest BCUT2D eigenvalue weighted by Crippen LogP contribution is -2.25. The van der Waals surface area contributed by atoms with Crippen LogP contribution in [-0.2, 0) is 11.2 Å². The second kappa shape index (κ2) is 12.3. The summed E-state index contributed by atoms with van der Waals surface area (Å²) in [5.74, 6) is 0.627. The van der Waals surface area contributed by atoms with Gasteiger partial charge in [-0.2, -0.15) is 0 Å². The quantitative estimate of drug-likeness (QED) is 0.332. The van der Waals surface area contributed by atoms with Gasteiger partial charge in [-0.3, -0.25) is 4.79 Å². The molecule has 0 fully saturated rings. The van der Waals surface area contributed by atoms with E-state index in [0.717, 1.165) is 53.8 Å². The summed E-state index contributed by atoms with van der Waals surface area (Å²) in [6, 6.07) is 6.23. The fourth-order valence-corrected chi connectivity index (χ4v) is 3.12. The Balaban J connectivity index is 3.40. The van der Waals surface area contributed by atoms with Gasteiger partial charge < -0.3 is 15.5 Å². The lowest BCUT2D eigenvalue weighted by Gasteiger charge is -2.19. The largest absolute Gasteiger partial charge is 0.493 e. The third-order valence-electron chi connectivity index (χ3n) is 5.20. The molecule has 0 aromatic heterocycles. The molecule has 0 aliphatic heterocycles. The molecule has 1 amide bonds. The Bertz CT molecular complexity index is 788. The molecule has 0 saturated carbocycles. The van der Waals surface area contributed by atoms with Gasteiger partial charge in [0.2, 0.25) is 0 Å². The highest BCUT2D eigenvalue weighted by atomic mass is 16.5. The maximum atomic E-state index is 13.0. The summed E-state index contributed by atoms with van der Waals surface area (Å²) in [7, 11) is 0. The zero-order valence-electron chi connectivity index (χ0n) is 19.3. The van der Waals surface area contributed by atoms with Gasteiger partial charge in [0, 0.05) is 16.8 Å². The van der Waals surface area contributed by atoms with Crippen LogP contribution in [0.15, 0.2) is 34.9 Å². The van der Waals surface area contributed by atoms with E-state index in [-0.39, 0.29) is 5.91 Å². The fourth-order valence-electron chi connectivity index (χ4n) is 3.12.